The molecular weight excluding hydrogens is 481 g/mol. The van der Waals surface area contributed by atoms with Gasteiger partial charge in [-0.25, -0.2) is 4.39 Å². The molecule has 0 fully saturated rings. The number of benzene rings is 2. The van der Waals surface area contributed by atoms with Crippen molar-refractivity contribution in [3.05, 3.63) is 82.3 Å². The summed E-state index contributed by atoms with van der Waals surface area (Å²) in [6.07, 6.45) is 0.658. The van der Waals surface area contributed by atoms with Gasteiger partial charge in [0.05, 0.1) is 18.5 Å². The minimum atomic E-state index is -1.11. The molecule has 1 atom stereocenters. The second-order valence-electron chi connectivity index (χ2n) is 8.81. The van der Waals surface area contributed by atoms with E-state index in [9.17, 15) is 18.8 Å². The Morgan fingerprint density at radius 3 is 2.42 bits per heavy atom. The molecule has 7 nitrogen and oxygen atoms in total. The van der Waals surface area contributed by atoms with Gasteiger partial charge < -0.3 is 15.4 Å². The quantitative estimate of drug-likeness (QED) is 0.413. The number of thiophene rings is 1. The molecule has 0 aliphatic heterocycles. The number of nitrogens with zero attached hydrogens (tertiary/aromatic N) is 1. The van der Waals surface area contributed by atoms with Crippen LogP contribution in [0, 0.1) is 5.82 Å². The third kappa shape index (κ3) is 6.69. The molecule has 0 spiro atoms. The molecule has 0 aliphatic carbocycles. The number of nitrogens with one attached hydrogen (secondary N) is 2. The molecule has 3 amide bonds. The van der Waals surface area contributed by atoms with Crippen molar-refractivity contribution in [2.75, 3.05) is 18.6 Å². The molecule has 190 valence electrons. The van der Waals surface area contributed by atoms with Crippen molar-refractivity contribution in [2.45, 2.75) is 38.8 Å². The minimum absolute atomic E-state index is 0.309. The molecule has 2 aromatic carbocycles. The molecule has 0 unspecified atom stereocenters. The van der Waals surface area contributed by atoms with Crippen LogP contribution in [0.25, 0.3) is 0 Å². The summed E-state index contributed by atoms with van der Waals surface area (Å²) in [5.74, 6) is -1.32. The van der Waals surface area contributed by atoms with Gasteiger partial charge in [-0.05, 0) is 73.7 Å². The zero-order valence-corrected chi connectivity index (χ0v) is 21.5. The van der Waals surface area contributed by atoms with Crippen LogP contribution in [0.1, 0.15) is 48.5 Å². The SMILES string of the molecule is CCC(C)(C)NC(=O)[C@@H](c1cccc(OC)c1)N(C(=O)CNC(=O)c1cccs1)c1ccc(F)cc1. The highest BCUT2D eigenvalue weighted by Gasteiger charge is 2.35. The van der Waals surface area contributed by atoms with E-state index in [-0.39, 0.29) is 6.54 Å². The monoisotopic (exact) mass is 511 g/mol. The van der Waals surface area contributed by atoms with Gasteiger partial charge in [0.2, 0.25) is 11.8 Å². The fourth-order valence-electron chi connectivity index (χ4n) is 3.49. The van der Waals surface area contributed by atoms with Crippen molar-refractivity contribution >= 4 is 34.7 Å². The van der Waals surface area contributed by atoms with Gasteiger partial charge in [-0.15, -0.1) is 11.3 Å². The molecule has 0 radical (unpaired) electrons. The van der Waals surface area contributed by atoms with Crippen LogP contribution in [-0.4, -0.2) is 36.9 Å². The van der Waals surface area contributed by atoms with Gasteiger partial charge in [0.15, 0.2) is 0 Å². The lowest BCUT2D eigenvalue weighted by molar-refractivity contribution is -0.127. The van der Waals surface area contributed by atoms with E-state index in [1.54, 1.807) is 41.8 Å². The summed E-state index contributed by atoms with van der Waals surface area (Å²) in [4.78, 5) is 41.6. The number of methoxy groups -OCH3 is 1. The summed E-state index contributed by atoms with van der Waals surface area (Å²) in [6, 6.07) is 14.4. The number of halogens is 1. The lowest BCUT2D eigenvalue weighted by atomic mass is 9.98. The zero-order chi connectivity index (χ0) is 26.3. The van der Waals surface area contributed by atoms with E-state index in [1.165, 1.54) is 47.6 Å². The topological polar surface area (TPSA) is 87.7 Å². The number of amides is 3. The first kappa shape index (κ1) is 26.9. The van der Waals surface area contributed by atoms with Gasteiger partial charge in [0.25, 0.3) is 5.91 Å². The summed E-state index contributed by atoms with van der Waals surface area (Å²) in [7, 11) is 1.51. The van der Waals surface area contributed by atoms with E-state index in [1.807, 2.05) is 20.8 Å². The Balaban J connectivity index is 2.04. The second kappa shape index (κ2) is 11.8. The Labute approximate surface area is 214 Å². The van der Waals surface area contributed by atoms with E-state index in [0.717, 1.165) is 0 Å². The van der Waals surface area contributed by atoms with Crippen LogP contribution in [-0.2, 0) is 9.59 Å². The average Bonchev–Trinajstić information content (AvgIpc) is 3.41. The summed E-state index contributed by atoms with van der Waals surface area (Å²) < 4.78 is 19.1. The molecule has 9 heteroatoms. The van der Waals surface area contributed by atoms with Crippen LogP contribution in [0.2, 0.25) is 0 Å². The van der Waals surface area contributed by atoms with Crippen LogP contribution in [0.5, 0.6) is 5.75 Å². The number of ether oxygens (including phenoxy) is 1. The molecule has 0 saturated carbocycles. The summed E-state index contributed by atoms with van der Waals surface area (Å²) >= 11 is 1.25. The van der Waals surface area contributed by atoms with Crippen molar-refractivity contribution in [1.82, 2.24) is 10.6 Å². The normalized spacial score (nSPS) is 11.9. The zero-order valence-electron chi connectivity index (χ0n) is 20.7. The van der Waals surface area contributed by atoms with Crippen LogP contribution in [0.4, 0.5) is 10.1 Å². The highest BCUT2D eigenvalue weighted by molar-refractivity contribution is 7.12. The van der Waals surface area contributed by atoms with Crippen molar-refractivity contribution in [3.8, 4) is 5.75 Å². The van der Waals surface area contributed by atoms with Gasteiger partial charge in [0, 0.05) is 11.2 Å². The number of hydrogen-bond donors (Lipinski definition) is 2. The van der Waals surface area contributed by atoms with E-state index < -0.39 is 35.1 Å². The van der Waals surface area contributed by atoms with E-state index in [0.29, 0.717) is 28.3 Å². The first-order chi connectivity index (χ1) is 17.1. The average molecular weight is 512 g/mol. The molecule has 0 bridgehead atoms. The highest BCUT2D eigenvalue weighted by atomic mass is 32.1. The lowest BCUT2D eigenvalue weighted by Gasteiger charge is -2.34. The lowest BCUT2D eigenvalue weighted by Crippen LogP contribution is -2.52. The predicted molar refractivity (Wildman–Crippen MR) is 139 cm³/mol. The van der Waals surface area contributed by atoms with Crippen LogP contribution >= 0.6 is 11.3 Å². The molecule has 3 aromatic rings. The maximum atomic E-state index is 13.8. The van der Waals surface area contributed by atoms with Crippen molar-refractivity contribution in [1.29, 1.82) is 0 Å². The first-order valence-electron chi connectivity index (χ1n) is 11.5. The van der Waals surface area contributed by atoms with Crippen molar-refractivity contribution in [2.24, 2.45) is 0 Å². The van der Waals surface area contributed by atoms with Crippen LogP contribution in [0.15, 0.2) is 66.0 Å². The van der Waals surface area contributed by atoms with Crippen LogP contribution < -0.4 is 20.3 Å². The van der Waals surface area contributed by atoms with Gasteiger partial charge in [0.1, 0.15) is 17.6 Å². The van der Waals surface area contributed by atoms with Gasteiger partial charge >= 0.3 is 0 Å². The number of carbonyl (C=O) groups is 3. The fraction of sp³-hybridized carbons (Fsp3) is 0.296. The molecule has 36 heavy (non-hydrogen) atoms. The second-order valence-corrected chi connectivity index (χ2v) is 9.75. The Bertz CT molecular complexity index is 1200. The number of rotatable bonds is 10. The van der Waals surface area contributed by atoms with Gasteiger partial charge in [-0.2, -0.15) is 0 Å². The molecular formula is C27H30FN3O4S. The van der Waals surface area contributed by atoms with E-state index in [2.05, 4.69) is 10.6 Å². The molecule has 1 heterocycles. The van der Waals surface area contributed by atoms with Gasteiger partial charge in [-0.3, -0.25) is 19.3 Å². The first-order valence-corrected chi connectivity index (χ1v) is 12.4. The van der Waals surface area contributed by atoms with Gasteiger partial charge in [-0.1, -0.05) is 25.1 Å². The minimum Gasteiger partial charge on any atom is -0.497 e. The van der Waals surface area contributed by atoms with E-state index >= 15 is 0 Å². The standard InChI is InChI=1S/C27H30FN3O4S/c1-5-27(2,3)30-26(34)24(18-8-6-9-21(16-18)35-4)31(20-13-11-19(28)12-14-20)23(32)17-29-25(33)22-10-7-15-36-22/h6-16,24H,5,17H2,1-4H3,(H,29,33)(H,30,34)/t24-/m1/s1. The van der Waals surface area contributed by atoms with Crippen molar-refractivity contribution in [3.63, 3.8) is 0 Å². The number of anilines is 1. The highest BCUT2D eigenvalue weighted by Crippen LogP contribution is 2.31. The maximum absolute atomic E-state index is 13.8. The fourth-order valence-corrected chi connectivity index (χ4v) is 4.13. The Morgan fingerprint density at radius 2 is 1.81 bits per heavy atom. The molecule has 2 N–H and O–H groups in total. The Kier molecular flexibility index (Phi) is 8.82. The van der Waals surface area contributed by atoms with E-state index in [4.69, 9.17) is 4.74 Å². The van der Waals surface area contributed by atoms with Crippen molar-refractivity contribution < 1.29 is 23.5 Å². The molecule has 0 saturated heterocycles. The molecule has 1 aromatic heterocycles. The number of carbonyl (C=O) groups excluding carboxylic acids is 3. The van der Waals surface area contributed by atoms with Crippen LogP contribution in [0.3, 0.4) is 0 Å². The largest absolute Gasteiger partial charge is 0.497 e. The maximum Gasteiger partial charge on any atom is 0.261 e. The summed E-state index contributed by atoms with van der Waals surface area (Å²) in [5, 5.41) is 7.40. The Morgan fingerprint density at radius 1 is 1.08 bits per heavy atom. The Hall–Kier alpha value is -3.72. The summed E-state index contributed by atoms with van der Waals surface area (Å²) in [6.45, 7) is 5.36. The summed E-state index contributed by atoms with van der Waals surface area (Å²) in [5.41, 5.74) is 0.268. The number of hydrogen-bond acceptors (Lipinski definition) is 5. The molecule has 3 rings (SSSR count). The smallest absolute Gasteiger partial charge is 0.261 e. The predicted octanol–water partition coefficient (Wildman–Crippen LogP) is 4.70. The third-order valence-electron chi connectivity index (χ3n) is 5.78. The third-order valence-corrected chi connectivity index (χ3v) is 6.65. The molecule has 0 aliphatic rings.